The predicted octanol–water partition coefficient (Wildman–Crippen LogP) is 3.15. The number of hydrogen-bond donors (Lipinski definition) is 5. The molecule has 0 aliphatic heterocycles. The van der Waals surface area contributed by atoms with Crippen molar-refractivity contribution in [3.63, 3.8) is 0 Å². The van der Waals surface area contributed by atoms with Gasteiger partial charge < -0.3 is 30.8 Å². The molecule has 1 unspecified atom stereocenters. The molecule has 10 nitrogen and oxygen atoms in total. The van der Waals surface area contributed by atoms with Crippen molar-refractivity contribution in [3.05, 3.63) is 89.0 Å². The highest BCUT2D eigenvalue weighted by Crippen LogP contribution is 2.12. The van der Waals surface area contributed by atoms with Gasteiger partial charge in [-0.3, -0.25) is 9.59 Å². The van der Waals surface area contributed by atoms with Crippen LogP contribution in [0.4, 0.5) is 4.79 Å². The number of alkyl carbamates (subject to hydrolysis) is 1. The number of carbonyl (C=O) groups is 3. The fourth-order valence-electron chi connectivity index (χ4n) is 4.12. The Bertz CT molecular complexity index is 1210. The van der Waals surface area contributed by atoms with Crippen LogP contribution in [0.2, 0.25) is 5.02 Å². The molecule has 2 aromatic carbocycles. The van der Waals surface area contributed by atoms with E-state index in [1.54, 1.807) is 30.5 Å². The number of nitrogens with zero attached hydrogens (tertiary/aromatic N) is 1. The van der Waals surface area contributed by atoms with Gasteiger partial charge in [0.1, 0.15) is 18.7 Å². The topological polar surface area (TPSA) is 145 Å². The molecular weight excluding hydrogens is 534 g/mol. The average Bonchev–Trinajstić information content (AvgIpc) is 3.45. The number of amides is 3. The van der Waals surface area contributed by atoms with E-state index in [0.29, 0.717) is 17.1 Å². The molecule has 0 saturated heterocycles. The summed E-state index contributed by atoms with van der Waals surface area (Å²) in [4.78, 5) is 46.4. The fraction of sp³-hybridized carbons (Fsp3) is 0.379. The number of H-pyrrole nitrogens is 1. The molecule has 3 atom stereocenters. The van der Waals surface area contributed by atoms with E-state index < -0.39 is 36.0 Å². The summed E-state index contributed by atoms with van der Waals surface area (Å²) in [7, 11) is 0. The van der Waals surface area contributed by atoms with Crippen molar-refractivity contribution in [1.29, 1.82) is 0 Å². The third kappa shape index (κ3) is 10.3. The van der Waals surface area contributed by atoms with Crippen LogP contribution in [0.15, 0.2) is 67.1 Å². The van der Waals surface area contributed by atoms with Crippen molar-refractivity contribution < 1.29 is 24.2 Å². The van der Waals surface area contributed by atoms with E-state index in [9.17, 15) is 19.5 Å². The third-order valence-corrected chi connectivity index (χ3v) is 6.36. The number of aromatic amines is 1. The molecule has 0 spiro atoms. The van der Waals surface area contributed by atoms with Crippen molar-refractivity contribution in [3.8, 4) is 0 Å². The molecular formula is C29H36ClN5O5. The molecule has 11 heteroatoms. The summed E-state index contributed by atoms with van der Waals surface area (Å²) in [5, 5.41) is 18.5. The van der Waals surface area contributed by atoms with Gasteiger partial charge in [0.25, 0.3) is 0 Å². The lowest BCUT2D eigenvalue weighted by Crippen LogP contribution is -2.56. The number of imidazole rings is 1. The largest absolute Gasteiger partial charge is 0.445 e. The van der Waals surface area contributed by atoms with Gasteiger partial charge in [0.15, 0.2) is 0 Å². The molecule has 5 N–H and O–H groups in total. The normalized spacial score (nSPS) is 13.2. The molecule has 0 saturated carbocycles. The predicted molar refractivity (Wildman–Crippen MR) is 151 cm³/mol. The first-order valence-corrected chi connectivity index (χ1v) is 13.5. The van der Waals surface area contributed by atoms with Crippen LogP contribution in [0.5, 0.6) is 0 Å². The number of carbonyl (C=O) groups excluding carboxylic acids is 3. The van der Waals surface area contributed by atoms with Gasteiger partial charge in [-0.2, -0.15) is 0 Å². The van der Waals surface area contributed by atoms with Gasteiger partial charge in [0.2, 0.25) is 11.8 Å². The number of hydrogen-bond acceptors (Lipinski definition) is 6. The Hall–Kier alpha value is -3.89. The lowest BCUT2D eigenvalue weighted by Gasteiger charge is -2.25. The van der Waals surface area contributed by atoms with E-state index in [1.165, 1.54) is 6.33 Å². The van der Waals surface area contributed by atoms with Crippen LogP contribution in [-0.2, 0) is 33.8 Å². The van der Waals surface area contributed by atoms with Crippen LogP contribution in [0.3, 0.4) is 0 Å². The number of aromatic nitrogens is 2. The summed E-state index contributed by atoms with van der Waals surface area (Å²) in [6.45, 7) is 3.78. The number of nitrogens with one attached hydrogen (secondary N) is 4. The summed E-state index contributed by atoms with van der Waals surface area (Å²) >= 11 is 6.01. The summed E-state index contributed by atoms with van der Waals surface area (Å²) in [6, 6.07) is 13.6. The molecule has 0 aliphatic carbocycles. The van der Waals surface area contributed by atoms with E-state index in [0.717, 1.165) is 11.1 Å². The maximum atomic E-state index is 13.5. The van der Waals surface area contributed by atoms with E-state index >= 15 is 0 Å². The van der Waals surface area contributed by atoms with Crippen molar-refractivity contribution in [2.75, 3.05) is 6.61 Å². The first-order valence-electron chi connectivity index (χ1n) is 13.1. The molecule has 3 amide bonds. The molecule has 0 radical (unpaired) electrons. The van der Waals surface area contributed by atoms with E-state index in [1.807, 2.05) is 44.2 Å². The molecule has 0 fully saturated rings. The van der Waals surface area contributed by atoms with E-state index in [4.69, 9.17) is 16.3 Å². The lowest BCUT2D eigenvalue weighted by atomic mass is 10.0. The number of aliphatic hydroxyl groups excluding tert-OH is 1. The van der Waals surface area contributed by atoms with Crippen molar-refractivity contribution in [1.82, 2.24) is 25.9 Å². The summed E-state index contributed by atoms with van der Waals surface area (Å²) < 4.78 is 5.34. The smallest absolute Gasteiger partial charge is 0.408 e. The highest BCUT2D eigenvalue weighted by molar-refractivity contribution is 6.30. The minimum Gasteiger partial charge on any atom is -0.445 e. The Labute approximate surface area is 238 Å². The van der Waals surface area contributed by atoms with Gasteiger partial charge in [-0.25, -0.2) is 9.78 Å². The monoisotopic (exact) mass is 569 g/mol. The number of rotatable bonds is 14. The van der Waals surface area contributed by atoms with Gasteiger partial charge >= 0.3 is 6.09 Å². The standard InChI is InChI=1S/C29H36ClN5O5/c1-19(2)12-24(16-36)33-27(37)26(14-23-15-31-18-32-23)34-28(38)25(13-20-8-10-22(30)11-9-20)35-29(39)40-17-21-6-4-3-5-7-21/h3-11,15,18-19,24-26,36H,12-14,16-17H2,1-2H3,(H,31,32)(H,33,37)(H,34,38)(H,35,39)/t24-,25?,26-/m0/s1. The van der Waals surface area contributed by atoms with Crippen molar-refractivity contribution >= 4 is 29.5 Å². The molecule has 3 aromatic rings. The van der Waals surface area contributed by atoms with Gasteiger partial charge in [-0.15, -0.1) is 0 Å². The van der Waals surface area contributed by atoms with Crippen LogP contribution >= 0.6 is 11.6 Å². The summed E-state index contributed by atoms with van der Waals surface area (Å²) in [5.41, 5.74) is 2.18. The Morgan fingerprint density at radius 2 is 1.60 bits per heavy atom. The zero-order valence-corrected chi connectivity index (χ0v) is 23.4. The fourth-order valence-corrected chi connectivity index (χ4v) is 4.25. The van der Waals surface area contributed by atoms with Gasteiger partial charge in [0.05, 0.1) is 19.0 Å². The van der Waals surface area contributed by atoms with Crippen molar-refractivity contribution in [2.45, 2.75) is 57.8 Å². The maximum Gasteiger partial charge on any atom is 0.408 e. The maximum absolute atomic E-state index is 13.5. The van der Waals surface area contributed by atoms with Gasteiger partial charge in [0, 0.05) is 29.8 Å². The minimum atomic E-state index is -1.05. The Balaban J connectivity index is 1.75. The zero-order valence-electron chi connectivity index (χ0n) is 22.6. The number of benzene rings is 2. The first-order chi connectivity index (χ1) is 19.2. The van der Waals surface area contributed by atoms with Gasteiger partial charge in [-0.1, -0.05) is 67.9 Å². The van der Waals surface area contributed by atoms with Crippen LogP contribution in [0.25, 0.3) is 0 Å². The second kappa shape index (κ2) is 15.6. The van der Waals surface area contributed by atoms with E-state index in [-0.39, 0.29) is 32.0 Å². The Kier molecular flexibility index (Phi) is 12.0. The lowest BCUT2D eigenvalue weighted by molar-refractivity contribution is -0.130. The zero-order chi connectivity index (χ0) is 28.9. The Morgan fingerprint density at radius 3 is 2.23 bits per heavy atom. The minimum absolute atomic E-state index is 0.0329. The van der Waals surface area contributed by atoms with Crippen LogP contribution < -0.4 is 16.0 Å². The third-order valence-electron chi connectivity index (χ3n) is 6.11. The molecule has 214 valence electrons. The van der Waals surface area contributed by atoms with Crippen LogP contribution in [-0.4, -0.2) is 57.7 Å². The van der Waals surface area contributed by atoms with Gasteiger partial charge in [-0.05, 0) is 35.6 Å². The molecule has 0 bridgehead atoms. The second-order valence-electron chi connectivity index (χ2n) is 9.95. The highest BCUT2D eigenvalue weighted by Gasteiger charge is 2.29. The SMILES string of the molecule is CC(C)C[C@@H](CO)NC(=O)[C@H](Cc1cnc[nH]1)NC(=O)C(Cc1ccc(Cl)cc1)NC(=O)OCc1ccccc1. The summed E-state index contributed by atoms with van der Waals surface area (Å²) in [6.07, 6.45) is 3.10. The molecule has 0 aliphatic rings. The number of ether oxygens (including phenoxy) is 1. The van der Waals surface area contributed by atoms with Crippen LogP contribution in [0.1, 0.15) is 37.1 Å². The molecule has 40 heavy (non-hydrogen) atoms. The van der Waals surface area contributed by atoms with Crippen molar-refractivity contribution in [2.24, 2.45) is 5.92 Å². The first kappa shape index (κ1) is 30.6. The summed E-state index contributed by atoms with van der Waals surface area (Å²) in [5.74, 6) is -0.789. The molecule has 1 aromatic heterocycles. The second-order valence-corrected chi connectivity index (χ2v) is 10.4. The number of aliphatic hydroxyl groups is 1. The average molecular weight is 570 g/mol. The van der Waals surface area contributed by atoms with Crippen LogP contribution in [0, 0.1) is 5.92 Å². The quantitative estimate of drug-likeness (QED) is 0.202. The Morgan fingerprint density at radius 1 is 0.925 bits per heavy atom. The highest BCUT2D eigenvalue weighted by atomic mass is 35.5. The van der Waals surface area contributed by atoms with E-state index in [2.05, 4.69) is 25.9 Å². The molecule has 3 rings (SSSR count). The number of halogens is 1. The molecule has 1 heterocycles.